The van der Waals surface area contributed by atoms with Gasteiger partial charge in [-0.05, 0) is 13.0 Å². The van der Waals surface area contributed by atoms with E-state index in [-0.39, 0.29) is 0 Å². The predicted octanol–water partition coefficient (Wildman–Crippen LogP) is 2.68. The van der Waals surface area contributed by atoms with Crippen LogP contribution in [-0.4, -0.2) is 42.6 Å². The van der Waals surface area contributed by atoms with Crippen molar-refractivity contribution in [1.29, 1.82) is 0 Å². The summed E-state index contributed by atoms with van der Waals surface area (Å²) in [7, 11) is 0. The molecule has 3 heterocycles. The molecule has 1 saturated heterocycles. The highest BCUT2D eigenvalue weighted by atomic mass is 32.1. The largest absolute Gasteiger partial charge is 0.378 e. The molecule has 0 aliphatic carbocycles. The Morgan fingerprint density at radius 2 is 2.00 bits per heavy atom. The molecular weight excluding hydrogens is 274 g/mol. The van der Waals surface area contributed by atoms with Crippen LogP contribution in [0.25, 0.3) is 10.2 Å². The molecule has 0 bridgehead atoms. The fourth-order valence-electron chi connectivity index (χ4n) is 2.09. The van der Waals surface area contributed by atoms with Gasteiger partial charge in [0.05, 0.1) is 28.3 Å². The van der Waals surface area contributed by atoms with Gasteiger partial charge in [0.2, 0.25) is 0 Å². The Balaban J connectivity index is 0.000000704. The zero-order valence-corrected chi connectivity index (χ0v) is 12.9. The minimum atomic E-state index is 0.694. The molecule has 108 valence electrons. The molecule has 0 amide bonds. The van der Waals surface area contributed by atoms with Crippen molar-refractivity contribution < 1.29 is 9.53 Å². The molecule has 5 nitrogen and oxygen atoms in total. The third kappa shape index (κ3) is 2.96. The van der Waals surface area contributed by atoms with Crippen LogP contribution in [0.2, 0.25) is 0 Å². The van der Waals surface area contributed by atoms with E-state index in [0.717, 1.165) is 54.4 Å². The van der Waals surface area contributed by atoms with Crippen LogP contribution in [-0.2, 0) is 4.74 Å². The van der Waals surface area contributed by atoms with Crippen LogP contribution >= 0.6 is 11.3 Å². The summed E-state index contributed by atoms with van der Waals surface area (Å²) in [5.74, 6) is 1.66. The Morgan fingerprint density at radius 3 is 2.65 bits per heavy atom. The lowest BCUT2D eigenvalue weighted by Gasteiger charge is -2.28. The zero-order valence-electron chi connectivity index (χ0n) is 12.0. The SMILES string of the molecule is CC.Cc1nc(N2CCOCC2)c2sc(C=O)cc2n1. The smallest absolute Gasteiger partial charge is 0.160 e. The molecule has 0 aromatic carbocycles. The molecular formula is C14H19N3O2S. The van der Waals surface area contributed by atoms with Crippen LogP contribution in [0, 0.1) is 6.92 Å². The Kier molecular flexibility index (Phi) is 5.03. The van der Waals surface area contributed by atoms with Crippen molar-refractivity contribution in [2.24, 2.45) is 0 Å². The van der Waals surface area contributed by atoms with E-state index in [1.54, 1.807) is 0 Å². The summed E-state index contributed by atoms with van der Waals surface area (Å²) in [5.41, 5.74) is 0.857. The van der Waals surface area contributed by atoms with Crippen molar-refractivity contribution in [1.82, 2.24) is 9.97 Å². The molecule has 1 fully saturated rings. The van der Waals surface area contributed by atoms with Gasteiger partial charge < -0.3 is 9.64 Å². The highest BCUT2D eigenvalue weighted by molar-refractivity contribution is 7.21. The molecule has 1 aliphatic heterocycles. The van der Waals surface area contributed by atoms with Crippen molar-refractivity contribution in [3.05, 3.63) is 16.8 Å². The van der Waals surface area contributed by atoms with E-state index in [4.69, 9.17) is 4.74 Å². The standard InChI is InChI=1S/C12H13N3O2S.C2H6/c1-8-13-10-6-9(7-16)18-11(10)12(14-8)15-2-4-17-5-3-15;1-2/h6-7H,2-5H2,1H3;1-2H3. The van der Waals surface area contributed by atoms with Gasteiger partial charge in [0.1, 0.15) is 5.82 Å². The van der Waals surface area contributed by atoms with Crippen molar-refractivity contribution >= 4 is 33.7 Å². The van der Waals surface area contributed by atoms with E-state index in [9.17, 15) is 4.79 Å². The van der Waals surface area contributed by atoms with E-state index < -0.39 is 0 Å². The van der Waals surface area contributed by atoms with Gasteiger partial charge in [-0.25, -0.2) is 9.97 Å². The summed E-state index contributed by atoms with van der Waals surface area (Å²) < 4.78 is 6.34. The number of aromatic nitrogens is 2. The summed E-state index contributed by atoms with van der Waals surface area (Å²) in [6, 6.07) is 1.83. The first kappa shape index (κ1) is 14.9. The van der Waals surface area contributed by atoms with E-state index in [2.05, 4.69) is 14.9 Å². The second-order valence-corrected chi connectivity index (χ2v) is 5.26. The maximum Gasteiger partial charge on any atom is 0.160 e. The van der Waals surface area contributed by atoms with E-state index in [0.29, 0.717) is 4.88 Å². The van der Waals surface area contributed by atoms with Crippen LogP contribution in [0.3, 0.4) is 0 Å². The molecule has 0 saturated carbocycles. The summed E-state index contributed by atoms with van der Waals surface area (Å²) in [4.78, 5) is 22.7. The average molecular weight is 293 g/mol. The number of hydrogen-bond donors (Lipinski definition) is 0. The van der Waals surface area contributed by atoms with Gasteiger partial charge in [0.15, 0.2) is 12.1 Å². The summed E-state index contributed by atoms with van der Waals surface area (Å²) >= 11 is 1.45. The van der Waals surface area contributed by atoms with Gasteiger partial charge >= 0.3 is 0 Å². The first-order valence-electron chi connectivity index (χ1n) is 6.84. The Bertz CT molecular complexity index is 591. The Labute approximate surface area is 122 Å². The van der Waals surface area contributed by atoms with Crippen molar-refractivity contribution in [3.8, 4) is 0 Å². The molecule has 0 radical (unpaired) electrons. The fraction of sp³-hybridized carbons (Fsp3) is 0.500. The second kappa shape index (κ2) is 6.76. The van der Waals surface area contributed by atoms with Crippen LogP contribution in [0.4, 0.5) is 5.82 Å². The molecule has 0 spiro atoms. The van der Waals surface area contributed by atoms with Crippen molar-refractivity contribution in [2.45, 2.75) is 20.8 Å². The molecule has 0 N–H and O–H groups in total. The van der Waals surface area contributed by atoms with Gasteiger partial charge in [-0.2, -0.15) is 0 Å². The third-order valence-electron chi connectivity index (χ3n) is 2.91. The molecule has 0 atom stereocenters. The molecule has 1 aliphatic rings. The van der Waals surface area contributed by atoms with Crippen molar-refractivity contribution in [2.75, 3.05) is 31.2 Å². The number of aryl methyl sites for hydroxylation is 1. The number of carbonyl (C=O) groups is 1. The van der Waals surface area contributed by atoms with Crippen LogP contribution in [0.5, 0.6) is 0 Å². The van der Waals surface area contributed by atoms with Crippen LogP contribution in [0.15, 0.2) is 6.07 Å². The zero-order chi connectivity index (χ0) is 14.5. The maximum absolute atomic E-state index is 10.9. The average Bonchev–Trinajstić information content (AvgIpc) is 2.92. The molecule has 2 aromatic heterocycles. The minimum Gasteiger partial charge on any atom is -0.378 e. The van der Waals surface area contributed by atoms with Gasteiger partial charge in [0, 0.05) is 13.1 Å². The number of anilines is 1. The first-order valence-corrected chi connectivity index (χ1v) is 7.65. The van der Waals surface area contributed by atoms with Crippen LogP contribution in [0.1, 0.15) is 29.3 Å². The van der Waals surface area contributed by atoms with Crippen LogP contribution < -0.4 is 4.90 Å². The number of morpholine rings is 1. The number of rotatable bonds is 2. The van der Waals surface area contributed by atoms with Gasteiger partial charge in [-0.15, -0.1) is 11.3 Å². The quantitative estimate of drug-likeness (QED) is 0.797. The van der Waals surface area contributed by atoms with Gasteiger partial charge in [0.25, 0.3) is 0 Å². The lowest BCUT2D eigenvalue weighted by Crippen LogP contribution is -2.36. The predicted molar refractivity (Wildman–Crippen MR) is 81.9 cm³/mol. The van der Waals surface area contributed by atoms with Crippen molar-refractivity contribution in [3.63, 3.8) is 0 Å². The summed E-state index contributed by atoms with van der Waals surface area (Å²) in [5, 5.41) is 0. The molecule has 3 rings (SSSR count). The van der Waals surface area contributed by atoms with E-state index >= 15 is 0 Å². The van der Waals surface area contributed by atoms with E-state index in [1.807, 2.05) is 26.8 Å². The summed E-state index contributed by atoms with van der Waals surface area (Å²) in [6.07, 6.45) is 0.866. The Morgan fingerprint density at radius 1 is 1.30 bits per heavy atom. The molecule has 20 heavy (non-hydrogen) atoms. The normalized spacial score (nSPS) is 14.8. The minimum absolute atomic E-state index is 0.694. The maximum atomic E-state index is 10.9. The molecule has 2 aromatic rings. The van der Waals surface area contributed by atoms with Gasteiger partial charge in [-0.3, -0.25) is 4.79 Å². The lowest BCUT2D eigenvalue weighted by atomic mass is 10.3. The van der Waals surface area contributed by atoms with E-state index in [1.165, 1.54) is 11.3 Å². The first-order chi connectivity index (χ1) is 9.78. The van der Waals surface area contributed by atoms with Gasteiger partial charge in [-0.1, -0.05) is 13.8 Å². The number of thiophene rings is 1. The highest BCUT2D eigenvalue weighted by Gasteiger charge is 2.18. The lowest BCUT2D eigenvalue weighted by molar-refractivity contribution is 0.112. The number of nitrogens with zero attached hydrogens (tertiary/aromatic N) is 3. The third-order valence-corrected chi connectivity index (χ3v) is 3.96. The topological polar surface area (TPSA) is 55.3 Å². The number of hydrogen-bond acceptors (Lipinski definition) is 6. The Hall–Kier alpha value is -1.53. The molecule has 0 unspecified atom stereocenters. The molecule has 6 heteroatoms. The highest BCUT2D eigenvalue weighted by Crippen LogP contribution is 2.31. The number of ether oxygens (including phenoxy) is 1. The number of carbonyl (C=O) groups excluding carboxylic acids is 1. The monoisotopic (exact) mass is 293 g/mol. The second-order valence-electron chi connectivity index (χ2n) is 4.17. The summed E-state index contributed by atoms with van der Waals surface area (Å²) in [6.45, 7) is 8.98. The number of aldehydes is 1. The number of fused-ring (bicyclic) bond motifs is 1. The fourth-order valence-corrected chi connectivity index (χ4v) is 3.02.